The number of carbonyl (C=O) groups excluding carboxylic acids is 2. The highest BCUT2D eigenvalue weighted by Crippen LogP contribution is 2.14. The van der Waals surface area contributed by atoms with Crippen molar-refractivity contribution >= 4 is 11.9 Å². The van der Waals surface area contributed by atoms with Crippen LogP contribution in [0.25, 0.3) is 0 Å². The minimum Gasteiger partial charge on any atom is -0.338 e. The molecule has 2 saturated heterocycles. The van der Waals surface area contributed by atoms with E-state index in [2.05, 4.69) is 10.6 Å². The first-order valence-corrected chi connectivity index (χ1v) is 6.63. The van der Waals surface area contributed by atoms with E-state index in [0.29, 0.717) is 13.0 Å². The molecule has 2 fully saturated rings. The number of nitrogens with zero attached hydrogens (tertiary/aromatic N) is 2. The molecule has 2 heterocycles. The van der Waals surface area contributed by atoms with E-state index in [0.717, 1.165) is 26.2 Å². The Morgan fingerprint density at radius 3 is 2.61 bits per heavy atom. The van der Waals surface area contributed by atoms with E-state index >= 15 is 0 Å². The zero-order valence-corrected chi connectivity index (χ0v) is 11.1. The standard InChI is InChI=1S/C12H22N4O2/c1-9(2)16-8-10(7-11(16)17)14-12(18)15-5-3-13-4-6-15/h9-10,13H,3-8H2,1-2H3,(H,14,18). The maximum absolute atomic E-state index is 12.0. The van der Waals surface area contributed by atoms with Crippen molar-refractivity contribution in [2.75, 3.05) is 32.7 Å². The highest BCUT2D eigenvalue weighted by atomic mass is 16.2. The lowest BCUT2D eigenvalue weighted by Gasteiger charge is -2.29. The van der Waals surface area contributed by atoms with Gasteiger partial charge in [0.25, 0.3) is 0 Å². The van der Waals surface area contributed by atoms with E-state index < -0.39 is 0 Å². The van der Waals surface area contributed by atoms with E-state index in [1.807, 2.05) is 18.7 Å². The third-order valence-electron chi connectivity index (χ3n) is 3.51. The molecule has 0 aromatic carbocycles. The van der Waals surface area contributed by atoms with Gasteiger partial charge in [0, 0.05) is 45.2 Å². The molecule has 102 valence electrons. The molecule has 2 aliphatic rings. The van der Waals surface area contributed by atoms with Crippen LogP contribution in [0.5, 0.6) is 0 Å². The Kier molecular flexibility index (Phi) is 4.06. The maximum atomic E-state index is 12.0. The van der Waals surface area contributed by atoms with Gasteiger partial charge in [0.15, 0.2) is 0 Å². The fraction of sp³-hybridized carbons (Fsp3) is 0.833. The van der Waals surface area contributed by atoms with Gasteiger partial charge in [-0.25, -0.2) is 4.79 Å². The lowest BCUT2D eigenvalue weighted by atomic mass is 10.2. The fourth-order valence-electron chi connectivity index (χ4n) is 2.46. The lowest BCUT2D eigenvalue weighted by Crippen LogP contribution is -2.52. The molecule has 2 N–H and O–H groups in total. The van der Waals surface area contributed by atoms with Crippen LogP contribution in [-0.2, 0) is 4.79 Å². The molecule has 0 aromatic rings. The second kappa shape index (κ2) is 5.56. The third-order valence-corrected chi connectivity index (χ3v) is 3.51. The number of rotatable bonds is 2. The van der Waals surface area contributed by atoms with Gasteiger partial charge in [-0.1, -0.05) is 0 Å². The average Bonchev–Trinajstić information content (AvgIpc) is 2.71. The van der Waals surface area contributed by atoms with Crippen LogP contribution in [0.15, 0.2) is 0 Å². The Labute approximate surface area is 108 Å². The Morgan fingerprint density at radius 2 is 2.06 bits per heavy atom. The zero-order chi connectivity index (χ0) is 13.1. The van der Waals surface area contributed by atoms with E-state index in [9.17, 15) is 9.59 Å². The fourth-order valence-corrected chi connectivity index (χ4v) is 2.46. The molecule has 0 spiro atoms. The molecule has 0 saturated carbocycles. The summed E-state index contributed by atoms with van der Waals surface area (Å²) in [5.74, 6) is 0.135. The molecule has 18 heavy (non-hydrogen) atoms. The molecule has 6 heteroatoms. The van der Waals surface area contributed by atoms with Crippen molar-refractivity contribution in [1.82, 2.24) is 20.4 Å². The predicted molar refractivity (Wildman–Crippen MR) is 68.2 cm³/mol. The monoisotopic (exact) mass is 254 g/mol. The van der Waals surface area contributed by atoms with Crippen molar-refractivity contribution in [3.63, 3.8) is 0 Å². The number of hydrogen-bond donors (Lipinski definition) is 2. The summed E-state index contributed by atoms with van der Waals surface area (Å²) in [7, 11) is 0. The molecule has 2 aliphatic heterocycles. The SMILES string of the molecule is CC(C)N1CC(NC(=O)N2CCNCC2)CC1=O. The van der Waals surface area contributed by atoms with Crippen LogP contribution in [0.3, 0.4) is 0 Å². The van der Waals surface area contributed by atoms with Crippen LogP contribution in [0.2, 0.25) is 0 Å². The summed E-state index contributed by atoms with van der Waals surface area (Å²) in [5.41, 5.74) is 0. The summed E-state index contributed by atoms with van der Waals surface area (Å²) in [6.45, 7) is 7.79. The van der Waals surface area contributed by atoms with Gasteiger partial charge in [-0.3, -0.25) is 4.79 Å². The van der Waals surface area contributed by atoms with Gasteiger partial charge in [-0.2, -0.15) is 0 Å². The van der Waals surface area contributed by atoms with Crippen LogP contribution in [0.4, 0.5) is 4.79 Å². The largest absolute Gasteiger partial charge is 0.338 e. The number of amides is 3. The Morgan fingerprint density at radius 1 is 1.39 bits per heavy atom. The number of urea groups is 1. The van der Waals surface area contributed by atoms with Crippen molar-refractivity contribution in [2.24, 2.45) is 0 Å². The van der Waals surface area contributed by atoms with Crippen molar-refractivity contribution < 1.29 is 9.59 Å². The second-order valence-electron chi connectivity index (χ2n) is 5.23. The first-order chi connectivity index (χ1) is 8.58. The molecule has 3 amide bonds. The zero-order valence-electron chi connectivity index (χ0n) is 11.1. The number of hydrogen-bond acceptors (Lipinski definition) is 3. The summed E-state index contributed by atoms with van der Waals surface area (Å²) < 4.78 is 0. The first-order valence-electron chi connectivity index (χ1n) is 6.63. The van der Waals surface area contributed by atoms with Gasteiger partial charge < -0.3 is 20.4 Å². The average molecular weight is 254 g/mol. The number of carbonyl (C=O) groups is 2. The number of nitrogens with one attached hydrogen (secondary N) is 2. The topological polar surface area (TPSA) is 64.7 Å². The van der Waals surface area contributed by atoms with Crippen LogP contribution in [-0.4, -0.2) is 66.5 Å². The molecule has 0 bridgehead atoms. The Balaban J connectivity index is 1.83. The van der Waals surface area contributed by atoms with E-state index in [4.69, 9.17) is 0 Å². The summed E-state index contributed by atoms with van der Waals surface area (Å²) >= 11 is 0. The molecule has 0 radical (unpaired) electrons. The minimum absolute atomic E-state index is 0.0396. The molecule has 2 rings (SSSR count). The number of likely N-dealkylation sites (tertiary alicyclic amines) is 1. The van der Waals surface area contributed by atoms with Crippen molar-refractivity contribution in [1.29, 1.82) is 0 Å². The van der Waals surface area contributed by atoms with Gasteiger partial charge >= 0.3 is 6.03 Å². The van der Waals surface area contributed by atoms with E-state index in [1.54, 1.807) is 4.90 Å². The summed E-state index contributed by atoms with van der Waals surface area (Å²) in [6.07, 6.45) is 0.427. The Bertz CT molecular complexity index is 326. The highest BCUT2D eigenvalue weighted by Gasteiger charge is 2.32. The highest BCUT2D eigenvalue weighted by molar-refractivity contribution is 5.82. The predicted octanol–water partition coefficient (Wildman–Crippen LogP) is -0.389. The van der Waals surface area contributed by atoms with Crippen LogP contribution < -0.4 is 10.6 Å². The normalized spacial score (nSPS) is 24.8. The molecule has 1 unspecified atom stereocenters. The molecule has 1 atom stereocenters. The van der Waals surface area contributed by atoms with E-state index in [-0.39, 0.29) is 24.0 Å². The molecular formula is C12H22N4O2. The summed E-state index contributed by atoms with van der Waals surface area (Å²) in [4.78, 5) is 27.4. The first kappa shape index (κ1) is 13.1. The summed E-state index contributed by atoms with van der Waals surface area (Å²) in [6, 6.07) is 0.126. The van der Waals surface area contributed by atoms with Crippen molar-refractivity contribution in [3.8, 4) is 0 Å². The molecule has 6 nitrogen and oxygen atoms in total. The van der Waals surface area contributed by atoms with Gasteiger partial charge in [0.05, 0.1) is 6.04 Å². The quantitative estimate of drug-likeness (QED) is 0.705. The molecule has 0 aliphatic carbocycles. The van der Waals surface area contributed by atoms with E-state index in [1.165, 1.54) is 0 Å². The van der Waals surface area contributed by atoms with Crippen molar-refractivity contribution in [2.45, 2.75) is 32.4 Å². The molecular weight excluding hydrogens is 232 g/mol. The number of piperazine rings is 1. The third kappa shape index (κ3) is 2.93. The second-order valence-corrected chi connectivity index (χ2v) is 5.23. The smallest absolute Gasteiger partial charge is 0.317 e. The van der Waals surface area contributed by atoms with Crippen molar-refractivity contribution in [3.05, 3.63) is 0 Å². The van der Waals surface area contributed by atoms with Gasteiger partial charge in [0.1, 0.15) is 0 Å². The Hall–Kier alpha value is -1.30. The van der Waals surface area contributed by atoms with Gasteiger partial charge in [0.2, 0.25) is 5.91 Å². The summed E-state index contributed by atoms with van der Waals surface area (Å²) in [5, 5.41) is 6.17. The molecule has 0 aromatic heterocycles. The van der Waals surface area contributed by atoms with Crippen LogP contribution in [0.1, 0.15) is 20.3 Å². The van der Waals surface area contributed by atoms with Gasteiger partial charge in [-0.15, -0.1) is 0 Å². The van der Waals surface area contributed by atoms with Gasteiger partial charge in [-0.05, 0) is 13.8 Å². The lowest BCUT2D eigenvalue weighted by molar-refractivity contribution is -0.129. The maximum Gasteiger partial charge on any atom is 0.317 e. The minimum atomic E-state index is -0.0418. The van der Waals surface area contributed by atoms with Crippen LogP contribution in [0, 0.1) is 0 Å². The van der Waals surface area contributed by atoms with Crippen LogP contribution >= 0.6 is 0 Å².